The summed E-state index contributed by atoms with van der Waals surface area (Å²) in [5, 5.41) is 10.7. The van der Waals surface area contributed by atoms with E-state index in [1.165, 1.54) is 24.1 Å². The topological polar surface area (TPSA) is 116 Å². The van der Waals surface area contributed by atoms with Crippen LogP contribution in [0, 0.1) is 27.9 Å². The lowest BCUT2D eigenvalue weighted by Crippen LogP contribution is -2.62. The number of carbonyl (C=O) groups excluding carboxylic acids is 3. The van der Waals surface area contributed by atoms with Crippen LogP contribution in [0.1, 0.15) is 31.1 Å². The maximum absolute atomic E-state index is 12.8. The fraction of sp³-hybridized carbons (Fsp3) is 0.450. The summed E-state index contributed by atoms with van der Waals surface area (Å²) in [5.74, 6) is -2.22. The van der Waals surface area contributed by atoms with Crippen LogP contribution in [0.4, 0.5) is 5.69 Å². The molecule has 9 heteroatoms. The summed E-state index contributed by atoms with van der Waals surface area (Å²) in [7, 11) is 1.49. The summed E-state index contributed by atoms with van der Waals surface area (Å²) in [4.78, 5) is 49.3. The first-order valence-corrected chi connectivity index (χ1v) is 9.25. The van der Waals surface area contributed by atoms with Crippen LogP contribution in [0.5, 0.6) is 0 Å². The Kier molecular flexibility index (Phi) is 5.52. The van der Waals surface area contributed by atoms with Crippen molar-refractivity contribution in [3.63, 3.8) is 0 Å². The van der Waals surface area contributed by atoms with Crippen LogP contribution in [-0.2, 0) is 19.1 Å². The van der Waals surface area contributed by atoms with Gasteiger partial charge in [0.2, 0.25) is 5.91 Å². The molecule has 1 aromatic carbocycles. The number of hydrogen-bond acceptors (Lipinski definition) is 7. The Bertz CT molecular complexity index is 904. The van der Waals surface area contributed by atoms with Crippen molar-refractivity contribution in [2.45, 2.75) is 26.8 Å². The summed E-state index contributed by atoms with van der Waals surface area (Å²) >= 11 is 0. The van der Waals surface area contributed by atoms with E-state index in [-0.39, 0.29) is 53.3 Å². The Hall–Kier alpha value is -3.07. The fourth-order valence-corrected chi connectivity index (χ4v) is 4.08. The first-order valence-electron chi connectivity index (χ1n) is 9.25. The van der Waals surface area contributed by atoms with Gasteiger partial charge in [-0.3, -0.25) is 14.9 Å². The third-order valence-corrected chi connectivity index (χ3v) is 5.51. The molecule has 3 rings (SSSR count). The number of hydrogen-bond donors (Lipinski definition) is 0. The van der Waals surface area contributed by atoms with Gasteiger partial charge in [0.05, 0.1) is 29.1 Å². The van der Waals surface area contributed by atoms with E-state index in [4.69, 9.17) is 9.47 Å². The predicted molar refractivity (Wildman–Crippen MR) is 101 cm³/mol. The number of nitrogens with zero attached hydrogens (tertiary/aromatic N) is 2. The van der Waals surface area contributed by atoms with Crippen LogP contribution >= 0.6 is 0 Å². The minimum atomic E-state index is -0.946. The lowest BCUT2D eigenvalue weighted by atomic mass is 9.74. The lowest BCUT2D eigenvalue weighted by Gasteiger charge is -2.47. The summed E-state index contributed by atoms with van der Waals surface area (Å²) in [6.07, 6.45) is 0. The number of methoxy groups -OCH3 is 1. The van der Waals surface area contributed by atoms with E-state index < -0.39 is 16.9 Å². The van der Waals surface area contributed by atoms with Gasteiger partial charge in [-0.1, -0.05) is 20.8 Å². The van der Waals surface area contributed by atoms with Crippen molar-refractivity contribution in [3.05, 3.63) is 51.2 Å². The zero-order valence-electron chi connectivity index (χ0n) is 16.6. The van der Waals surface area contributed by atoms with E-state index in [2.05, 4.69) is 0 Å². The van der Waals surface area contributed by atoms with Crippen LogP contribution in [0.3, 0.4) is 0 Å². The second-order valence-electron chi connectivity index (χ2n) is 7.55. The van der Waals surface area contributed by atoms with E-state index >= 15 is 0 Å². The number of nitro benzene ring substituents is 1. The first kappa shape index (κ1) is 20.7. The van der Waals surface area contributed by atoms with Gasteiger partial charge in [-0.2, -0.15) is 0 Å². The second-order valence-corrected chi connectivity index (χ2v) is 7.55. The first-order chi connectivity index (χ1) is 13.7. The van der Waals surface area contributed by atoms with Crippen molar-refractivity contribution in [2.75, 3.05) is 13.7 Å². The molecule has 0 radical (unpaired) electrons. The van der Waals surface area contributed by atoms with Gasteiger partial charge in [-0.15, -0.1) is 0 Å². The highest BCUT2D eigenvalue weighted by atomic mass is 16.6. The van der Waals surface area contributed by atoms with Crippen LogP contribution in [-0.4, -0.2) is 47.4 Å². The molecule has 1 aromatic rings. The van der Waals surface area contributed by atoms with E-state index in [1.807, 2.05) is 20.8 Å². The molecule has 9 nitrogen and oxygen atoms in total. The van der Waals surface area contributed by atoms with E-state index in [0.29, 0.717) is 5.57 Å². The highest BCUT2D eigenvalue weighted by Gasteiger charge is 2.59. The van der Waals surface area contributed by atoms with Gasteiger partial charge >= 0.3 is 11.9 Å². The summed E-state index contributed by atoms with van der Waals surface area (Å²) in [5.41, 5.74) is 0.490. The molecule has 2 aliphatic rings. The molecule has 1 saturated heterocycles. The quantitative estimate of drug-likeness (QED) is 0.236. The third-order valence-electron chi connectivity index (χ3n) is 5.51. The number of β-lactam (4-membered cyclic amide) rings is 1. The maximum Gasteiger partial charge on any atom is 0.362 e. The van der Waals surface area contributed by atoms with E-state index in [0.717, 1.165) is 12.1 Å². The minimum absolute atomic E-state index is 0.00423. The molecule has 0 aliphatic carbocycles. The van der Waals surface area contributed by atoms with Gasteiger partial charge in [-0.05, 0) is 23.6 Å². The average Bonchev–Trinajstić information content (AvgIpc) is 2.90. The molecule has 0 unspecified atom stereocenters. The second kappa shape index (κ2) is 7.75. The molecule has 0 saturated carbocycles. The Morgan fingerprint density at radius 1 is 1.21 bits per heavy atom. The molecule has 2 heterocycles. The zero-order valence-corrected chi connectivity index (χ0v) is 16.6. The van der Waals surface area contributed by atoms with Crippen molar-refractivity contribution in [2.24, 2.45) is 17.8 Å². The maximum atomic E-state index is 12.8. The molecular weight excluding hydrogens is 380 g/mol. The number of esters is 2. The number of rotatable bonds is 6. The molecule has 0 N–H and O–H groups in total. The monoisotopic (exact) mass is 402 g/mol. The molecule has 154 valence electrons. The highest BCUT2D eigenvalue weighted by molar-refractivity contribution is 6.06. The molecule has 29 heavy (non-hydrogen) atoms. The Labute approximate surface area is 167 Å². The Balaban J connectivity index is 1.83. The van der Waals surface area contributed by atoms with Crippen molar-refractivity contribution in [3.8, 4) is 0 Å². The van der Waals surface area contributed by atoms with Gasteiger partial charge in [0, 0.05) is 25.2 Å². The number of fused-ring (bicyclic) bond motifs is 1. The number of ether oxygens (including phenoxy) is 2. The molecule has 0 bridgehead atoms. The molecular formula is C20H22N2O7. The van der Waals surface area contributed by atoms with Crippen molar-refractivity contribution in [1.29, 1.82) is 0 Å². The predicted octanol–water partition coefficient (Wildman–Crippen LogP) is 2.31. The minimum Gasteiger partial charge on any atom is -0.385 e. The zero-order chi connectivity index (χ0) is 21.5. The van der Waals surface area contributed by atoms with Crippen molar-refractivity contribution < 1.29 is 28.8 Å². The van der Waals surface area contributed by atoms with Gasteiger partial charge in [0.15, 0.2) is 0 Å². The van der Waals surface area contributed by atoms with Crippen molar-refractivity contribution >= 4 is 23.5 Å². The lowest BCUT2D eigenvalue weighted by molar-refractivity contribution is -0.384. The SMILES string of the molecule is COCC1=C(C(=O)OC(=O)c2ccc([N+](=O)[O-])cc2)N2C(=O)[C@H](C(C)C)[C@H]2[C@H]1C. The van der Waals surface area contributed by atoms with E-state index in [1.54, 1.807) is 0 Å². The molecule has 3 atom stereocenters. The number of carbonyl (C=O) groups is 3. The van der Waals surface area contributed by atoms with Gasteiger partial charge < -0.3 is 14.4 Å². The average molecular weight is 402 g/mol. The summed E-state index contributed by atoms with van der Waals surface area (Å²) < 4.78 is 10.2. The fourth-order valence-electron chi connectivity index (χ4n) is 4.08. The van der Waals surface area contributed by atoms with Gasteiger partial charge in [-0.25, -0.2) is 9.59 Å². The Morgan fingerprint density at radius 3 is 2.34 bits per heavy atom. The van der Waals surface area contributed by atoms with Crippen LogP contribution in [0.15, 0.2) is 35.5 Å². The standard InChI is InChI=1S/C20H22N2O7/c1-10(2)15-16-11(3)14(9-28-4)17(21(16)18(15)23)20(25)29-19(24)12-5-7-13(8-6-12)22(26)27/h5-8,10-11,15-16H,9H2,1-4H3/t11-,15+,16+/m0/s1. The van der Waals surface area contributed by atoms with Crippen LogP contribution in [0.25, 0.3) is 0 Å². The number of nitro groups is 1. The number of amides is 1. The van der Waals surface area contributed by atoms with Crippen LogP contribution < -0.4 is 0 Å². The van der Waals surface area contributed by atoms with Crippen LogP contribution in [0.2, 0.25) is 0 Å². The smallest absolute Gasteiger partial charge is 0.362 e. The number of non-ortho nitro benzene ring substituents is 1. The van der Waals surface area contributed by atoms with Gasteiger partial charge in [0.25, 0.3) is 5.69 Å². The van der Waals surface area contributed by atoms with Gasteiger partial charge in [0.1, 0.15) is 5.70 Å². The molecule has 2 aliphatic heterocycles. The van der Waals surface area contributed by atoms with E-state index in [9.17, 15) is 24.5 Å². The molecule has 1 fully saturated rings. The highest BCUT2D eigenvalue weighted by Crippen LogP contribution is 2.48. The normalized spacial score (nSPS) is 23.1. The summed E-state index contributed by atoms with van der Waals surface area (Å²) in [6.45, 7) is 5.97. The molecule has 1 amide bonds. The molecule has 0 spiro atoms. The largest absolute Gasteiger partial charge is 0.385 e. The molecule has 0 aromatic heterocycles. The Morgan fingerprint density at radius 2 is 1.83 bits per heavy atom. The third kappa shape index (κ3) is 3.42. The number of benzene rings is 1. The summed E-state index contributed by atoms with van der Waals surface area (Å²) in [6, 6.07) is 4.56. The van der Waals surface area contributed by atoms with Crippen molar-refractivity contribution in [1.82, 2.24) is 4.90 Å².